The van der Waals surface area contributed by atoms with Crippen LogP contribution in [-0.2, 0) is 27.5 Å². The number of hydrogen-bond donors (Lipinski definition) is 1. The molecule has 0 radical (unpaired) electrons. The molecule has 39 heavy (non-hydrogen) atoms. The van der Waals surface area contributed by atoms with Gasteiger partial charge in [0.25, 0.3) is 6.10 Å². The molecule has 1 aromatic rings. The van der Waals surface area contributed by atoms with Gasteiger partial charge in [-0.2, -0.15) is 39.5 Å². The third-order valence-electron chi connectivity index (χ3n) is 6.16. The first-order valence-corrected chi connectivity index (χ1v) is 13.4. The third kappa shape index (κ3) is 8.51. The predicted octanol–water partition coefficient (Wildman–Crippen LogP) is 3.58. The Hall–Kier alpha value is -2.47. The van der Waals surface area contributed by atoms with Crippen molar-refractivity contribution in [2.24, 2.45) is 0 Å². The molecule has 3 rings (SSSR count). The number of ether oxygens (including phenoxy) is 1. The van der Waals surface area contributed by atoms with E-state index in [-0.39, 0.29) is 51.5 Å². The number of carbonyl (C=O) groups excluding carboxylic acids is 1. The largest absolute Gasteiger partial charge is 0.434 e. The Bertz CT molecular complexity index is 1120. The van der Waals surface area contributed by atoms with Crippen molar-refractivity contribution in [3.63, 3.8) is 0 Å². The van der Waals surface area contributed by atoms with Gasteiger partial charge >= 0.3 is 24.6 Å². The molecule has 2 heterocycles. The fourth-order valence-corrected chi connectivity index (χ4v) is 5.17. The number of nitrogens with zero attached hydrogens (tertiary/aromatic N) is 3. The highest BCUT2D eigenvalue weighted by atomic mass is 32.2. The zero-order chi connectivity index (χ0) is 29.4. The average molecular weight is 601 g/mol. The first-order chi connectivity index (χ1) is 17.7. The Morgan fingerprint density at radius 2 is 1.59 bits per heavy atom. The standard InChI is InChI=1S/C21H25F9N4O4S/c1-39(36,37)31-15-4-5-34(12-15)16-10-14(19(22,23)24)3-2-13(16)11-32-6-8-33(9-7-32)18(35)38-17(20(25,26)27)21(28,29)30/h2-3,10,15,17,31H,4-9,11-12H2,1H3/t15-/m1/s1. The summed E-state index contributed by atoms with van der Waals surface area (Å²) in [5.74, 6) is 0. The van der Waals surface area contributed by atoms with Gasteiger partial charge in [-0.3, -0.25) is 4.90 Å². The van der Waals surface area contributed by atoms with Crippen molar-refractivity contribution in [2.45, 2.75) is 43.6 Å². The lowest BCUT2D eigenvalue weighted by molar-refractivity contribution is -0.308. The van der Waals surface area contributed by atoms with Gasteiger partial charge in [0.2, 0.25) is 10.0 Å². The van der Waals surface area contributed by atoms with E-state index in [2.05, 4.69) is 9.46 Å². The number of halogens is 9. The summed E-state index contributed by atoms with van der Waals surface area (Å²) in [4.78, 5) is 15.9. The van der Waals surface area contributed by atoms with E-state index in [1.165, 1.54) is 6.07 Å². The number of sulfonamides is 1. The molecule has 2 aliphatic rings. The van der Waals surface area contributed by atoms with Gasteiger partial charge in [0, 0.05) is 57.5 Å². The molecular weight excluding hydrogens is 575 g/mol. The third-order valence-corrected chi connectivity index (χ3v) is 6.92. The molecule has 0 spiro atoms. The second-order valence-electron chi connectivity index (χ2n) is 9.27. The fraction of sp³-hybridized carbons (Fsp3) is 0.667. The summed E-state index contributed by atoms with van der Waals surface area (Å²) in [6.45, 7) is -0.123. The normalized spacial score (nSPS) is 20.1. The smallest absolute Gasteiger partial charge is 0.426 e. The Balaban J connectivity index is 1.69. The molecule has 0 unspecified atom stereocenters. The first-order valence-electron chi connectivity index (χ1n) is 11.5. The van der Waals surface area contributed by atoms with Gasteiger partial charge in [0.15, 0.2) is 0 Å². The molecule has 8 nitrogen and oxygen atoms in total. The number of amides is 1. The van der Waals surface area contributed by atoms with Gasteiger partial charge < -0.3 is 14.5 Å². The van der Waals surface area contributed by atoms with Crippen LogP contribution in [0.4, 0.5) is 50.0 Å². The van der Waals surface area contributed by atoms with Gasteiger partial charge in [-0.15, -0.1) is 0 Å². The quantitative estimate of drug-likeness (QED) is 0.503. The molecule has 1 atom stereocenters. The number of hydrogen-bond acceptors (Lipinski definition) is 6. The first kappa shape index (κ1) is 31.1. The number of alkyl halides is 9. The molecule has 0 saturated carbocycles. The minimum absolute atomic E-state index is 0.00345. The predicted molar refractivity (Wildman–Crippen MR) is 119 cm³/mol. The van der Waals surface area contributed by atoms with E-state index < -0.39 is 52.4 Å². The van der Waals surface area contributed by atoms with E-state index in [0.717, 1.165) is 18.4 Å². The number of carbonyl (C=O) groups is 1. The van der Waals surface area contributed by atoms with Gasteiger partial charge in [-0.25, -0.2) is 17.9 Å². The van der Waals surface area contributed by atoms with Crippen molar-refractivity contribution >= 4 is 21.8 Å². The summed E-state index contributed by atoms with van der Waals surface area (Å²) in [6.07, 6.45) is -21.1. The van der Waals surface area contributed by atoms with E-state index in [4.69, 9.17) is 0 Å². The van der Waals surface area contributed by atoms with E-state index in [9.17, 15) is 52.7 Å². The van der Waals surface area contributed by atoms with E-state index in [1.807, 2.05) is 0 Å². The highest BCUT2D eigenvalue weighted by Gasteiger charge is 2.60. The number of nitrogens with one attached hydrogen (secondary N) is 1. The molecule has 0 bridgehead atoms. The molecule has 1 amide bonds. The Morgan fingerprint density at radius 3 is 2.10 bits per heavy atom. The molecule has 2 fully saturated rings. The topological polar surface area (TPSA) is 82.2 Å². The monoisotopic (exact) mass is 600 g/mol. The second-order valence-corrected chi connectivity index (χ2v) is 11.1. The van der Waals surface area contributed by atoms with Crippen molar-refractivity contribution < 1.29 is 57.5 Å². The summed E-state index contributed by atoms with van der Waals surface area (Å²) in [5.41, 5.74) is -0.270. The lowest BCUT2D eigenvalue weighted by Crippen LogP contribution is -2.52. The molecule has 2 saturated heterocycles. The Labute approximate surface area is 217 Å². The van der Waals surface area contributed by atoms with Crippen LogP contribution in [0.2, 0.25) is 0 Å². The van der Waals surface area contributed by atoms with Gasteiger partial charge in [0.1, 0.15) is 0 Å². The molecule has 0 aliphatic carbocycles. The van der Waals surface area contributed by atoms with E-state index >= 15 is 0 Å². The molecule has 222 valence electrons. The van der Waals surface area contributed by atoms with E-state index in [1.54, 1.807) is 9.80 Å². The summed E-state index contributed by atoms with van der Waals surface area (Å²) in [7, 11) is -3.55. The van der Waals surface area contributed by atoms with Crippen LogP contribution in [0.3, 0.4) is 0 Å². The van der Waals surface area contributed by atoms with Crippen molar-refractivity contribution in [1.29, 1.82) is 0 Å². The molecule has 2 aliphatic heterocycles. The van der Waals surface area contributed by atoms with Crippen LogP contribution in [0.15, 0.2) is 18.2 Å². The zero-order valence-corrected chi connectivity index (χ0v) is 21.1. The van der Waals surface area contributed by atoms with Gasteiger partial charge in [-0.1, -0.05) is 6.07 Å². The summed E-state index contributed by atoms with van der Waals surface area (Å²) in [6, 6.07) is 2.56. The molecule has 0 aromatic heterocycles. The Kier molecular flexibility index (Phi) is 8.91. The van der Waals surface area contributed by atoms with Gasteiger partial charge in [-0.05, 0) is 24.1 Å². The maximum absolute atomic E-state index is 13.4. The molecule has 1 N–H and O–H groups in total. The molecule has 1 aromatic carbocycles. The lowest BCUT2D eigenvalue weighted by Gasteiger charge is -2.36. The van der Waals surface area contributed by atoms with Gasteiger partial charge in [0.05, 0.1) is 11.8 Å². The van der Waals surface area contributed by atoms with Crippen LogP contribution in [0.25, 0.3) is 0 Å². The van der Waals surface area contributed by atoms with Crippen LogP contribution >= 0.6 is 0 Å². The second kappa shape index (κ2) is 11.2. The minimum atomic E-state index is -5.85. The maximum atomic E-state index is 13.4. The van der Waals surface area contributed by atoms with E-state index in [0.29, 0.717) is 16.9 Å². The highest BCUT2D eigenvalue weighted by Crippen LogP contribution is 2.37. The number of anilines is 1. The fourth-order valence-electron chi connectivity index (χ4n) is 4.37. The number of benzene rings is 1. The van der Waals surface area contributed by atoms with Crippen molar-refractivity contribution in [3.05, 3.63) is 29.3 Å². The Morgan fingerprint density at radius 1 is 1.00 bits per heavy atom. The van der Waals surface area contributed by atoms with Crippen LogP contribution in [0.1, 0.15) is 17.5 Å². The maximum Gasteiger partial charge on any atom is 0.434 e. The SMILES string of the molecule is CS(=O)(=O)N[C@@H]1CCN(c2cc(C(F)(F)F)ccc2CN2CCN(C(=O)OC(C(F)(F)F)C(F)(F)F)CC2)C1. The minimum Gasteiger partial charge on any atom is -0.426 e. The summed E-state index contributed by atoms with van der Waals surface area (Å²) >= 11 is 0. The average Bonchev–Trinajstić information content (AvgIpc) is 3.22. The summed E-state index contributed by atoms with van der Waals surface area (Å²) < 4.78 is 146. The van der Waals surface area contributed by atoms with Crippen LogP contribution in [0, 0.1) is 0 Å². The summed E-state index contributed by atoms with van der Waals surface area (Å²) in [5, 5.41) is 0. The number of rotatable bonds is 6. The van der Waals surface area contributed by atoms with Crippen LogP contribution in [0.5, 0.6) is 0 Å². The molecular formula is C21H25F9N4O4S. The lowest BCUT2D eigenvalue weighted by atomic mass is 10.1. The van der Waals surface area contributed by atoms with Crippen LogP contribution in [-0.4, -0.2) is 94.3 Å². The number of piperazine rings is 1. The zero-order valence-electron chi connectivity index (χ0n) is 20.3. The van der Waals surface area contributed by atoms with Crippen molar-refractivity contribution in [1.82, 2.24) is 14.5 Å². The van der Waals surface area contributed by atoms with Crippen LogP contribution < -0.4 is 9.62 Å². The molecule has 18 heteroatoms. The highest BCUT2D eigenvalue weighted by molar-refractivity contribution is 7.88. The van der Waals surface area contributed by atoms with Crippen molar-refractivity contribution in [2.75, 3.05) is 50.4 Å². The van der Waals surface area contributed by atoms with Crippen molar-refractivity contribution in [3.8, 4) is 0 Å².